The molecule has 3 N–H and O–H groups in total. The van der Waals surface area contributed by atoms with E-state index in [0.717, 1.165) is 0 Å². The third-order valence-electron chi connectivity index (χ3n) is 4.70. The van der Waals surface area contributed by atoms with Crippen LogP contribution in [-0.4, -0.2) is 41.1 Å². The van der Waals surface area contributed by atoms with Crippen molar-refractivity contribution in [3.8, 4) is 11.5 Å². The van der Waals surface area contributed by atoms with Crippen LogP contribution in [0.25, 0.3) is 0 Å². The fraction of sp³-hybridized carbons (Fsp3) is 0.316. The summed E-state index contributed by atoms with van der Waals surface area (Å²) in [6, 6.07) is 15.0. The summed E-state index contributed by atoms with van der Waals surface area (Å²) < 4.78 is 45.8. The van der Waals surface area contributed by atoms with Gasteiger partial charge in [0.05, 0.1) is 10.4 Å². The smallest absolute Gasteiger partial charge is 0.245 e. The van der Waals surface area contributed by atoms with Gasteiger partial charge in [-0.15, -0.1) is 0 Å². The van der Waals surface area contributed by atoms with Crippen LogP contribution in [-0.2, 0) is 26.0 Å². The van der Waals surface area contributed by atoms with E-state index in [1.54, 1.807) is 24.3 Å². The number of para-hydroxylation sites is 1. The van der Waals surface area contributed by atoms with Gasteiger partial charge in [0, 0.05) is 19.3 Å². The molecule has 29 heavy (non-hydrogen) atoms. The Morgan fingerprint density at radius 2 is 1.66 bits per heavy atom. The van der Waals surface area contributed by atoms with Crippen LogP contribution in [0.15, 0.2) is 59.5 Å². The topological polar surface area (TPSA) is 128 Å². The van der Waals surface area contributed by atoms with Crippen LogP contribution in [0.4, 0.5) is 0 Å². The number of sulfonamides is 1. The molecule has 0 saturated carbocycles. The van der Waals surface area contributed by atoms with E-state index in [-0.39, 0.29) is 35.7 Å². The van der Waals surface area contributed by atoms with Gasteiger partial charge in [0.1, 0.15) is 23.0 Å². The van der Waals surface area contributed by atoms with Crippen LogP contribution in [0.2, 0.25) is 0 Å². The van der Waals surface area contributed by atoms with Gasteiger partial charge in [0.25, 0.3) is 0 Å². The fourth-order valence-electron chi connectivity index (χ4n) is 3.16. The van der Waals surface area contributed by atoms with Crippen LogP contribution in [0.1, 0.15) is 19.3 Å². The summed E-state index contributed by atoms with van der Waals surface area (Å²) in [5.41, 5.74) is 0.440. The Balaban J connectivity index is 1.76. The molecule has 1 fully saturated rings. The SMILES string of the molecule is O=C(CC1(NS(=O)(=O)c2ccc(Oc3ccccc3)cc2)CC[S+]([O-])CC1)NO. The van der Waals surface area contributed by atoms with Crippen LogP contribution in [0.5, 0.6) is 11.5 Å². The summed E-state index contributed by atoms with van der Waals surface area (Å²) in [5, 5.41) is 8.85. The van der Waals surface area contributed by atoms with E-state index < -0.39 is 32.6 Å². The van der Waals surface area contributed by atoms with Gasteiger partial charge in [-0.3, -0.25) is 10.0 Å². The van der Waals surface area contributed by atoms with Crippen molar-refractivity contribution < 1.29 is 27.7 Å². The van der Waals surface area contributed by atoms with Crippen molar-refractivity contribution in [2.75, 3.05) is 11.5 Å². The highest BCUT2D eigenvalue weighted by atomic mass is 32.2. The molecule has 2 aromatic rings. The molecule has 156 valence electrons. The summed E-state index contributed by atoms with van der Waals surface area (Å²) in [5.74, 6) is 0.978. The number of rotatable bonds is 7. The maximum atomic E-state index is 12.9. The first-order valence-electron chi connectivity index (χ1n) is 8.97. The standard InChI is InChI=1S/C19H22N2O6S2/c22-18(20-23)14-19(10-12-28(24)13-11-19)21-29(25,26)17-8-6-16(7-9-17)27-15-4-2-1-3-5-15/h1-9,21,23H,10-14H2,(H,20,22). The van der Waals surface area contributed by atoms with Gasteiger partial charge in [-0.25, -0.2) is 18.6 Å². The number of hydrogen-bond acceptors (Lipinski definition) is 6. The molecule has 0 aromatic heterocycles. The zero-order valence-corrected chi connectivity index (χ0v) is 17.2. The molecule has 10 heteroatoms. The molecule has 0 spiro atoms. The number of benzene rings is 2. The van der Waals surface area contributed by atoms with Crippen molar-refractivity contribution in [2.24, 2.45) is 0 Å². The summed E-state index contributed by atoms with van der Waals surface area (Å²) in [4.78, 5) is 11.7. The van der Waals surface area contributed by atoms with Crippen molar-refractivity contribution >= 4 is 27.1 Å². The average molecular weight is 439 g/mol. The van der Waals surface area contributed by atoms with E-state index in [4.69, 9.17) is 9.94 Å². The summed E-state index contributed by atoms with van der Waals surface area (Å²) in [7, 11) is -3.95. The maximum Gasteiger partial charge on any atom is 0.245 e. The van der Waals surface area contributed by atoms with Gasteiger partial charge in [0.15, 0.2) is 0 Å². The van der Waals surface area contributed by atoms with Gasteiger partial charge in [-0.2, -0.15) is 0 Å². The Labute approximate surface area is 172 Å². The first-order valence-corrected chi connectivity index (χ1v) is 11.9. The fourth-order valence-corrected chi connectivity index (χ4v) is 6.06. The molecular formula is C19H22N2O6S2. The largest absolute Gasteiger partial charge is 0.616 e. The molecule has 1 aliphatic heterocycles. The number of carbonyl (C=O) groups excluding carboxylic acids is 1. The average Bonchev–Trinajstić information content (AvgIpc) is 2.71. The molecule has 2 aromatic carbocycles. The van der Waals surface area contributed by atoms with Crippen LogP contribution in [0, 0.1) is 0 Å². The third kappa shape index (κ3) is 5.71. The lowest BCUT2D eigenvalue weighted by Crippen LogP contribution is -2.55. The maximum absolute atomic E-state index is 12.9. The van der Waals surface area contributed by atoms with E-state index >= 15 is 0 Å². The summed E-state index contributed by atoms with van der Waals surface area (Å²) >= 11 is -1.04. The monoisotopic (exact) mass is 438 g/mol. The van der Waals surface area contributed by atoms with Gasteiger partial charge in [-0.05, 0) is 36.4 Å². The minimum atomic E-state index is -3.95. The van der Waals surface area contributed by atoms with Crippen LogP contribution >= 0.6 is 0 Å². The molecule has 0 unspecified atom stereocenters. The number of hydroxylamine groups is 1. The highest BCUT2D eigenvalue weighted by Crippen LogP contribution is 2.30. The predicted molar refractivity (Wildman–Crippen MR) is 108 cm³/mol. The van der Waals surface area contributed by atoms with E-state index in [1.807, 2.05) is 18.2 Å². The van der Waals surface area contributed by atoms with E-state index in [9.17, 15) is 17.8 Å². The quantitative estimate of drug-likeness (QED) is 0.344. The van der Waals surface area contributed by atoms with Crippen molar-refractivity contribution in [1.82, 2.24) is 10.2 Å². The number of carbonyl (C=O) groups is 1. The van der Waals surface area contributed by atoms with E-state index in [0.29, 0.717) is 11.5 Å². The zero-order chi connectivity index (χ0) is 20.9. The Hall–Kier alpha value is -2.11. The van der Waals surface area contributed by atoms with Crippen LogP contribution < -0.4 is 14.9 Å². The molecule has 1 saturated heterocycles. The molecule has 8 nitrogen and oxygen atoms in total. The molecule has 1 amide bonds. The summed E-state index contributed by atoms with van der Waals surface area (Å²) in [6.45, 7) is 0. The Bertz CT molecular complexity index is 927. The Morgan fingerprint density at radius 1 is 1.07 bits per heavy atom. The van der Waals surface area contributed by atoms with Gasteiger partial charge in [-0.1, -0.05) is 29.4 Å². The molecule has 1 heterocycles. The van der Waals surface area contributed by atoms with Crippen molar-refractivity contribution in [3.05, 3.63) is 54.6 Å². The third-order valence-corrected chi connectivity index (χ3v) is 7.62. The number of amides is 1. The number of nitrogens with one attached hydrogen (secondary N) is 2. The Morgan fingerprint density at radius 3 is 2.24 bits per heavy atom. The highest BCUT2D eigenvalue weighted by Gasteiger charge is 2.42. The molecule has 0 bridgehead atoms. The molecular weight excluding hydrogens is 416 g/mol. The van der Waals surface area contributed by atoms with Crippen molar-refractivity contribution in [1.29, 1.82) is 0 Å². The van der Waals surface area contributed by atoms with Gasteiger partial charge < -0.3 is 9.29 Å². The minimum Gasteiger partial charge on any atom is -0.616 e. The molecule has 3 rings (SSSR count). The first kappa shape index (κ1) is 21.6. The van der Waals surface area contributed by atoms with Crippen molar-refractivity contribution in [2.45, 2.75) is 29.7 Å². The second kappa shape index (κ2) is 9.14. The van der Waals surface area contributed by atoms with Gasteiger partial charge >= 0.3 is 0 Å². The highest BCUT2D eigenvalue weighted by molar-refractivity contribution is 7.91. The molecule has 0 atom stereocenters. The lowest BCUT2D eigenvalue weighted by molar-refractivity contribution is -0.130. The summed E-state index contributed by atoms with van der Waals surface area (Å²) in [6.07, 6.45) is 0.234. The molecule has 1 aliphatic rings. The number of ether oxygens (including phenoxy) is 1. The van der Waals surface area contributed by atoms with E-state index in [2.05, 4.69) is 4.72 Å². The number of hydrogen-bond donors (Lipinski definition) is 3. The van der Waals surface area contributed by atoms with Gasteiger partial charge in [0.2, 0.25) is 15.9 Å². The predicted octanol–water partition coefficient (Wildman–Crippen LogP) is 1.93. The Kier molecular flexibility index (Phi) is 6.81. The lowest BCUT2D eigenvalue weighted by atomic mass is 9.89. The normalized spacial score (nSPS) is 22.1. The molecule has 0 aliphatic carbocycles. The minimum absolute atomic E-state index is 0.0217. The first-order chi connectivity index (χ1) is 13.8. The van der Waals surface area contributed by atoms with E-state index in [1.165, 1.54) is 17.6 Å². The lowest BCUT2D eigenvalue weighted by Gasteiger charge is -2.37. The molecule has 0 radical (unpaired) electrons. The van der Waals surface area contributed by atoms with Crippen LogP contribution in [0.3, 0.4) is 0 Å². The second-order valence-corrected chi connectivity index (χ2v) is 10.2. The second-order valence-electron chi connectivity index (χ2n) is 6.83. The zero-order valence-electron chi connectivity index (χ0n) is 15.5. The van der Waals surface area contributed by atoms with Crippen molar-refractivity contribution in [3.63, 3.8) is 0 Å².